The Morgan fingerprint density at radius 3 is 2.88 bits per heavy atom. The fraction of sp³-hybridized carbons (Fsp3) is 1.00. The number of hydrogen-bond acceptors (Lipinski definition) is 3. The average molecular weight is 228 g/mol. The second-order valence-electron chi connectivity index (χ2n) is 5.98. The normalized spacial score (nSPS) is 38.8. The topological polar surface area (TPSA) is 38.7 Å². The molecule has 0 radical (unpaired) electrons. The van der Waals surface area contributed by atoms with Crippen LogP contribution in [0.5, 0.6) is 0 Å². The third kappa shape index (κ3) is 3.19. The van der Waals surface area contributed by atoms with Gasteiger partial charge in [-0.3, -0.25) is 0 Å². The lowest BCUT2D eigenvalue weighted by Crippen LogP contribution is -2.40. The van der Waals surface area contributed by atoms with Crippen LogP contribution in [0.1, 0.15) is 46.0 Å². The molecular formula is C13H24O3. The number of rotatable bonds is 3. The molecule has 3 unspecified atom stereocenters. The molecule has 2 fully saturated rings. The van der Waals surface area contributed by atoms with Crippen LogP contribution in [0.25, 0.3) is 0 Å². The highest BCUT2D eigenvalue weighted by Gasteiger charge is 2.35. The Morgan fingerprint density at radius 2 is 2.19 bits per heavy atom. The maximum absolute atomic E-state index is 9.91. The molecule has 3 atom stereocenters. The molecule has 94 valence electrons. The van der Waals surface area contributed by atoms with Crippen molar-refractivity contribution < 1.29 is 14.6 Å². The van der Waals surface area contributed by atoms with Crippen LogP contribution in [0, 0.1) is 5.41 Å². The SMILES string of the molecule is CC1(C)CCC(O)C(OCC2CCCO2)C1. The molecule has 3 nitrogen and oxygen atoms in total. The zero-order chi connectivity index (χ0) is 11.6. The molecule has 1 saturated carbocycles. The van der Waals surface area contributed by atoms with Gasteiger partial charge in [-0.1, -0.05) is 13.8 Å². The minimum Gasteiger partial charge on any atom is -0.390 e. The van der Waals surface area contributed by atoms with Gasteiger partial charge in [-0.2, -0.15) is 0 Å². The Hall–Kier alpha value is -0.120. The predicted octanol–water partition coefficient (Wildman–Crippen LogP) is 2.12. The largest absolute Gasteiger partial charge is 0.390 e. The average Bonchev–Trinajstić information content (AvgIpc) is 2.72. The Balaban J connectivity index is 1.78. The lowest BCUT2D eigenvalue weighted by molar-refractivity contribution is -0.107. The van der Waals surface area contributed by atoms with E-state index in [-0.39, 0.29) is 18.3 Å². The first-order chi connectivity index (χ1) is 7.57. The van der Waals surface area contributed by atoms with Crippen molar-refractivity contribution >= 4 is 0 Å². The molecule has 1 heterocycles. The molecule has 1 N–H and O–H groups in total. The van der Waals surface area contributed by atoms with E-state index in [2.05, 4.69) is 13.8 Å². The van der Waals surface area contributed by atoms with Crippen LogP contribution in [0.4, 0.5) is 0 Å². The zero-order valence-corrected chi connectivity index (χ0v) is 10.4. The monoisotopic (exact) mass is 228 g/mol. The van der Waals surface area contributed by atoms with Gasteiger partial charge in [-0.15, -0.1) is 0 Å². The van der Waals surface area contributed by atoms with E-state index in [1.165, 1.54) is 0 Å². The third-order valence-electron chi connectivity index (χ3n) is 3.82. The molecule has 1 saturated heterocycles. The first-order valence-electron chi connectivity index (χ1n) is 6.48. The van der Waals surface area contributed by atoms with Gasteiger partial charge < -0.3 is 14.6 Å². The van der Waals surface area contributed by atoms with Gasteiger partial charge in [-0.25, -0.2) is 0 Å². The maximum atomic E-state index is 9.91. The second kappa shape index (κ2) is 5.03. The van der Waals surface area contributed by atoms with E-state index < -0.39 is 0 Å². The lowest BCUT2D eigenvalue weighted by atomic mass is 9.75. The van der Waals surface area contributed by atoms with Crippen LogP contribution in [-0.2, 0) is 9.47 Å². The van der Waals surface area contributed by atoms with Gasteiger partial charge in [0.25, 0.3) is 0 Å². The van der Waals surface area contributed by atoms with Gasteiger partial charge in [0, 0.05) is 6.61 Å². The first kappa shape index (κ1) is 12.3. The molecule has 0 bridgehead atoms. The Kier molecular flexibility index (Phi) is 3.88. The van der Waals surface area contributed by atoms with Crippen LogP contribution in [0.15, 0.2) is 0 Å². The van der Waals surface area contributed by atoms with Crippen molar-refractivity contribution in [2.24, 2.45) is 5.41 Å². The summed E-state index contributed by atoms with van der Waals surface area (Å²) in [7, 11) is 0. The van der Waals surface area contributed by atoms with Crippen LogP contribution in [0.3, 0.4) is 0 Å². The zero-order valence-electron chi connectivity index (χ0n) is 10.4. The lowest BCUT2D eigenvalue weighted by Gasteiger charge is -2.38. The Morgan fingerprint density at radius 1 is 1.38 bits per heavy atom. The summed E-state index contributed by atoms with van der Waals surface area (Å²) < 4.78 is 11.4. The molecular weight excluding hydrogens is 204 g/mol. The highest BCUT2D eigenvalue weighted by molar-refractivity contribution is 4.85. The third-order valence-corrected chi connectivity index (χ3v) is 3.82. The number of hydrogen-bond donors (Lipinski definition) is 1. The van der Waals surface area contributed by atoms with E-state index in [0.717, 1.165) is 38.7 Å². The van der Waals surface area contributed by atoms with E-state index in [1.807, 2.05) is 0 Å². The molecule has 0 aromatic rings. The van der Waals surface area contributed by atoms with Crippen molar-refractivity contribution in [2.75, 3.05) is 13.2 Å². The fourth-order valence-corrected chi connectivity index (χ4v) is 2.68. The standard InChI is InChI=1S/C13H24O3/c1-13(2)6-5-11(14)12(8-13)16-9-10-4-3-7-15-10/h10-12,14H,3-9H2,1-2H3. The van der Waals surface area contributed by atoms with Crippen LogP contribution in [-0.4, -0.2) is 36.6 Å². The van der Waals surface area contributed by atoms with E-state index in [0.29, 0.717) is 12.0 Å². The van der Waals surface area contributed by atoms with E-state index >= 15 is 0 Å². The molecule has 0 spiro atoms. The summed E-state index contributed by atoms with van der Waals surface area (Å²) in [4.78, 5) is 0. The molecule has 0 amide bonds. The highest BCUT2D eigenvalue weighted by atomic mass is 16.5. The van der Waals surface area contributed by atoms with Crippen molar-refractivity contribution in [3.05, 3.63) is 0 Å². The van der Waals surface area contributed by atoms with Crippen LogP contribution >= 0.6 is 0 Å². The van der Waals surface area contributed by atoms with Crippen molar-refractivity contribution in [1.29, 1.82) is 0 Å². The highest BCUT2D eigenvalue weighted by Crippen LogP contribution is 2.36. The summed E-state index contributed by atoms with van der Waals surface area (Å²) in [5, 5.41) is 9.91. The minimum absolute atomic E-state index is 0.00736. The van der Waals surface area contributed by atoms with Crippen LogP contribution < -0.4 is 0 Å². The summed E-state index contributed by atoms with van der Waals surface area (Å²) >= 11 is 0. The molecule has 1 aliphatic carbocycles. The van der Waals surface area contributed by atoms with E-state index in [9.17, 15) is 5.11 Å². The van der Waals surface area contributed by atoms with Gasteiger partial charge in [0.1, 0.15) is 0 Å². The smallest absolute Gasteiger partial charge is 0.0840 e. The van der Waals surface area contributed by atoms with E-state index in [4.69, 9.17) is 9.47 Å². The van der Waals surface area contributed by atoms with E-state index in [1.54, 1.807) is 0 Å². The molecule has 1 aliphatic heterocycles. The van der Waals surface area contributed by atoms with Gasteiger partial charge in [0.05, 0.1) is 24.9 Å². The summed E-state index contributed by atoms with van der Waals surface area (Å²) in [6.07, 6.45) is 5.15. The van der Waals surface area contributed by atoms with Crippen molar-refractivity contribution in [3.8, 4) is 0 Å². The maximum Gasteiger partial charge on any atom is 0.0840 e. The molecule has 16 heavy (non-hydrogen) atoms. The predicted molar refractivity (Wildman–Crippen MR) is 62.4 cm³/mol. The number of aliphatic hydroxyl groups excluding tert-OH is 1. The van der Waals surface area contributed by atoms with Gasteiger partial charge in [0.2, 0.25) is 0 Å². The second-order valence-corrected chi connectivity index (χ2v) is 5.98. The molecule has 2 aliphatic rings. The van der Waals surface area contributed by atoms with Gasteiger partial charge in [-0.05, 0) is 37.5 Å². The molecule has 0 aromatic carbocycles. The Labute approximate surface area is 98.1 Å². The van der Waals surface area contributed by atoms with Crippen molar-refractivity contribution in [1.82, 2.24) is 0 Å². The van der Waals surface area contributed by atoms with Gasteiger partial charge >= 0.3 is 0 Å². The van der Waals surface area contributed by atoms with Crippen molar-refractivity contribution in [3.63, 3.8) is 0 Å². The number of aliphatic hydroxyl groups is 1. The van der Waals surface area contributed by atoms with Gasteiger partial charge in [0.15, 0.2) is 0 Å². The molecule has 0 aromatic heterocycles. The summed E-state index contributed by atoms with van der Waals surface area (Å²) in [5.41, 5.74) is 0.306. The molecule has 3 heteroatoms. The van der Waals surface area contributed by atoms with Crippen LogP contribution in [0.2, 0.25) is 0 Å². The molecule has 2 rings (SSSR count). The Bertz CT molecular complexity index is 221. The summed E-state index contributed by atoms with van der Waals surface area (Å²) in [5.74, 6) is 0. The summed E-state index contributed by atoms with van der Waals surface area (Å²) in [6, 6.07) is 0. The minimum atomic E-state index is -0.283. The summed E-state index contributed by atoms with van der Waals surface area (Å²) in [6.45, 7) is 6.02. The van der Waals surface area contributed by atoms with Crippen molar-refractivity contribution in [2.45, 2.75) is 64.3 Å². The number of ether oxygens (including phenoxy) is 2. The quantitative estimate of drug-likeness (QED) is 0.804. The fourth-order valence-electron chi connectivity index (χ4n) is 2.68. The first-order valence-corrected chi connectivity index (χ1v) is 6.48.